The lowest BCUT2D eigenvalue weighted by atomic mass is 10.2. The number of fused-ring (bicyclic) bond motifs is 1. The van der Waals surface area contributed by atoms with E-state index < -0.39 is 4.92 Å². The number of nitrogens with zero attached hydrogens (tertiary/aromatic N) is 3. The number of rotatable bonds is 6. The van der Waals surface area contributed by atoms with Crippen molar-refractivity contribution in [3.05, 3.63) is 55.2 Å². The summed E-state index contributed by atoms with van der Waals surface area (Å²) in [5.74, 6) is -0.171. The van der Waals surface area contributed by atoms with Gasteiger partial charge in [0.2, 0.25) is 5.91 Å². The monoisotopic (exact) mass is 458 g/mol. The van der Waals surface area contributed by atoms with E-state index in [4.69, 9.17) is 4.98 Å². The highest BCUT2D eigenvalue weighted by Gasteiger charge is 2.25. The number of hydrogen-bond acceptors (Lipinski definition) is 7. The minimum absolute atomic E-state index is 0.0166. The summed E-state index contributed by atoms with van der Waals surface area (Å²) in [5, 5.41) is 14.8. The molecule has 0 bridgehead atoms. The Morgan fingerprint density at radius 2 is 1.97 bits per heavy atom. The van der Waals surface area contributed by atoms with Gasteiger partial charge in [-0.05, 0) is 44.4 Å². The van der Waals surface area contributed by atoms with Gasteiger partial charge in [0.05, 0.1) is 16.1 Å². The molecule has 4 rings (SSSR count). The Bertz CT molecular complexity index is 1210. The van der Waals surface area contributed by atoms with Crippen molar-refractivity contribution in [2.75, 3.05) is 11.1 Å². The fourth-order valence-electron chi connectivity index (χ4n) is 3.87. The first-order valence-electron chi connectivity index (χ1n) is 10.0. The molecule has 0 unspecified atom stereocenters. The number of nitro benzene ring substituents is 1. The molecule has 2 aromatic heterocycles. The quantitative estimate of drug-likeness (QED) is 0.245. The van der Waals surface area contributed by atoms with E-state index in [1.54, 1.807) is 4.57 Å². The van der Waals surface area contributed by atoms with Crippen LogP contribution in [-0.4, -0.2) is 26.1 Å². The highest BCUT2D eigenvalue weighted by atomic mass is 32.2. The normalized spacial score (nSPS) is 14.3. The number of carbonyl (C=O) groups is 1. The molecule has 1 aliphatic rings. The van der Waals surface area contributed by atoms with E-state index in [0.717, 1.165) is 36.1 Å². The van der Waals surface area contributed by atoms with Crippen LogP contribution in [0.4, 0.5) is 11.4 Å². The number of amides is 1. The van der Waals surface area contributed by atoms with Crippen LogP contribution in [0.1, 0.15) is 42.2 Å². The molecule has 8 nitrogen and oxygen atoms in total. The lowest BCUT2D eigenvalue weighted by Crippen LogP contribution is -2.27. The summed E-state index contributed by atoms with van der Waals surface area (Å²) in [5.41, 5.74) is 1.41. The van der Waals surface area contributed by atoms with Crippen LogP contribution in [-0.2, 0) is 4.79 Å². The topological polar surface area (TPSA) is 107 Å². The zero-order valence-corrected chi connectivity index (χ0v) is 18.8. The zero-order chi connectivity index (χ0) is 22.1. The Morgan fingerprint density at radius 3 is 2.61 bits per heavy atom. The molecule has 1 fully saturated rings. The number of aromatic nitrogens is 2. The molecule has 1 aliphatic carbocycles. The number of anilines is 1. The number of aryl methyl sites for hydroxylation is 2. The van der Waals surface area contributed by atoms with Crippen molar-refractivity contribution in [2.24, 2.45) is 0 Å². The van der Waals surface area contributed by atoms with E-state index >= 15 is 0 Å². The molecule has 1 saturated carbocycles. The van der Waals surface area contributed by atoms with Crippen molar-refractivity contribution in [1.29, 1.82) is 0 Å². The van der Waals surface area contributed by atoms with Crippen molar-refractivity contribution < 1.29 is 9.72 Å². The highest BCUT2D eigenvalue weighted by Crippen LogP contribution is 2.34. The molecule has 2 heterocycles. The fraction of sp³-hybridized carbons (Fsp3) is 0.381. The van der Waals surface area contributed by atoms with Gasteiger partial charge >= 0.3 is 0 Å². The second-order valence-electron chi connectivity index (χ2n) is 7.61. The summed E-state index contributed by atoms with van der Waals surface area (Å²) in [7, 11) is 0. The number of nitro groups is 1. The summed E-state index contributed by atoms with van der Waals surface area (Å²) in [6, 6.07) is 5.80. The van der Waals surface area contributed by atoms with Gasteiger partial charge in [0.25, 0.3) is 11.2 Å². The first kappa shape index (κ1) is 21.5. The van der Waals surface area contributed by atoms with Gasteiger partial charge in [-0.25, -0.2) is 4.98 Å². The maximum absolute atomic E-state index is 13.4. The van der Waals surface area contributed by atoms with Crippen molar-refractivity contribution in [1.82, 2.24) is 9.55 Å². The third-order valence-corrected chi connectivity index (χ3v) is 7.64. The number of benzene rings is 1. The molecule has 0 spiro atoms. The summed E-state index contributed by atoms with van der Waals surface area (Å²) in [6.45, 7) is 3.95. The predicted octanol–water partition coefficient (Wildman–Crippen LogP) is 4.83. The van der Waals surface area contributed by atoms with Crippen molar-refractivity contribution in [2.45, 2.75) is 50.7 Å². The van der Waals surface area contributed by atoms with E-state index in [1.165, 1.54) is 47.4 Å². The standard InChI is InChI=1S/C21H22N4O4S2/c1-12-13(2)31-19-18(12)20(27)24(15-5-3-4-6-15)21(23-19)30-11-17(26)22-14-7-9-16(10-8-14)25(28)29/h7-10,15H,3-6,11H2,1-2H3,(H,22,26). The molecule has 1 aromatic carbocycles. The van der Waals surface area contributed by atoms with E-state index in [1.807, 2.05) is 13.8 Å². The van der Waals surface area contributed by atoms with Gasteiger partial charge in [-0.1, -0.05) is 24.6 Å². The van der Waals surface area contributed by atoms with Gasteiger partial charge in [0.15, 0.2) is 5.16 Å². The van der Waals surface area contributed by atoms with Crippen LogP contribution in [0.3, 0.4) is 0 Å². The second-order valence-corrected chi connectivity index (χ2v) is 9.76. The zero-order valence-electron chi connectivity index (χ0n) is 17.2. The van der Waals surface area contributed by atoms with Crippen LogP contribution in [0.2, 0.25) is 0 Å². The highest BCUT2D eigenvalue weighted by molar-refractivity contribution is 7.99. The Kier molecular flexibility index (Phi) is 6.10. The summed E-state index contributed by atoms with van der Waals surface area (Å²) in [4.78, 5) is 42.6. The Balaban J connectivity index is 1.57. The molecular weight excluding hydrogens is 436 g/mol. The van der Waals surface area contributed by atoms with Crippen molar-refractivity contribution >= 4 is 50.6 Å². The predicted molar refractivity (Wildman–Crippen MR) is 123 cm³/mol. The van der Waals surface area contributed by atoms with E-state index in [0.29, 0.717) is 21.1 Å². The van der Waals surface area contributed by atoms with Crippen LogP contribution in [0.15, 0.2) is 34.2 Å². The minimum Gasteiger partial charge on any atom is -0.325 e. The van der Waals surface area contributed by atoms with Crippen LogP contribution < -0.4 is 10.9 Å². The minimum atomic E-state index is -0.487. The van der Waals surface area contributed by atoms with Gasteiger partial charge in [-0.2, -0.15) is 0 Å². The van der Waals surface area contributed by atoms with Crippen LogP contribution >= 0.6 is 23.1 Å². The molecule has 1 N–H and O–H groups in total. The maximum Gasteiger partial charge on any atom is 0.269 e. The summed E-state index contributed by atoms with van der Waals surface area (Å²) in [6.07, 6.45) is 4.05. The van der Waals surface area contributed by atoms with Gasteiger partial charge in [0.1, 0.15) is 4.83 Å². The molecule has 0 aliphatic heterocycles. The average molecular weight is 459 g/mol. The average Bonchev–Trinajstić information content (AvgIpc) is 3.35. The largest absolute Gasteiger partial charge is 0.325 e. The van der Waals surface area contributed by atoms with Crippen molar-refractivity contribution in [3.8, 4) is 0 Å². The molecule has 0 radical (unpaired) electrons. The summed E-state index contributed by atoms with van der Waals surface area (Å²) < 4.78 is 1.79. The molecule has 0 saturated heterocycles. The van der Waals surface area contributed by atoms with Gasteiger partial charge < -0.3 is 5.32 Å². The first-order valence-corrected chi connectivity index (χ1v) is 11.8. The Hall–Kier alpha value is -2.72. The third kappa shape index (κ3) is 4.35. The molecule has 10 heteroatoms. The number of carbonyl (C=O) groups excluding carboxylic acids is 1. The molecule has 3 aromatic rings. The lowest BCUT2D eigenvalue weighted by molar-refractivity contribution is -0.384. The maximum atomic E-state index is 13.4. The van der Waals surface area contributed by atoms with E-state index in [2.05, 4.69) is 5.32 Å². The fourth-order valence-corrected chi connectivity index (χ4v) is 5.80. The van der Waals surface area contributed by atoms with Gasteiger partial charge in [-0.15, -0.1) is 11.3 Å². The number of hydrogen-bond donors (Lipinski definition) is 1. The molecule has 162 valence electrons. The number of nitrogens with one attached hydrogen (secondary N) is 1. The number of thioether (sulfide) groups is 1. The molecule has 1 amide bonds. The van der Waals surface area contributed by atoms with Crippen LogP contribution in [0.25, 0.3) is 10.2 Å². The third-order valence-electron chi connectivity index (χ3n) is 5.59. The molecule has 31 heavy (non-hydrogen) atoms. The Morgan fingerprint density at radius 1 is 1.29 bits per heavy atom. The number of non-ortho nitro benzene ring substituents is 1. The van der Waals surface area contributed by atoms with Crippen molar-refractivity contribution in [3.63, 3.8) is 0 Å². The molecular formula is C21H22N4O4S2. The van der Waals surface area contributed by atoms with Crippen LogP contribution in [0.5, 0.6) is 0 Å². The smallest absolute Gasteiger partial charge is 0.269 e. The Labute approximate surface area is 186 Å². The molecule has 0 atom stereocenters. The van der Waals surface area contributed by atoms with Gasteiger partial charge in [0, 0.05) is 28.7 Å². The van der Waals surface area contributed by atoms with E-state index in [9.17, 15) is 19.7 Å². The SMILES string of the molecule is Cc1sc2nc(SCC(=O)Nc3ccc([N+](=O)[O-])cc3)n(C3CCCC3)c(=O)c2c1C. The van der Waals surface area contributed by atoms with E-state index in [-0.39, 0.29) is 28.9 Å². The van der Waals surface area contributed by atoms with Gasteiger partial charge in [-0.3, -0.25) is 24.3 Å². The second kappa shape index (κ2) is 8.80. The lowest BCUT2D eigenvalue weighted by Gasteiger charge is -2.18. The first-order chi connectivity index (χ1) is 14.8. The summed E-state index contributed by atoms with van der Waals surface area (Å²) >= 11 is 2.76. The number of thiophene rings is 1. The van der Waals surface area contributed by atoms with Crippen LogP contribution in [0, 0.1) is 24.0 Å².